The van der Waals surface area contributed by atoms with Gasteiger partial charge in [-0.15, -0.1) is 0 Å². The van der Waals surface area contributed by atoms with E-state index in [1.807, 2.05) is 20.8 Å². The van der Waals surface area contributed by atoms with Crippen LogP contribution in [-0.4, -0.2) is 41.0 Å². The predicted molar refractivity (Wildman–Crippen MR) is 56.6 cm³/mol. The molecule has 0 bridgehead atoms. The number of hydrazine groups is 1. The van der Waals surface area contributed by atoms with Gasteiger partial charge >= 0.3 is 6.09 Å². The summed E-state index contributed by atoms with van der Waals surface area (Å²) >= 11 is 0. The SMILES string of the molecule is CC(C)(C)OC1CCN(NC(=O)O)CC1. The summed E-state index contributed by atoms with van der Waals surface area (Å²) < 4.78 is 5.83. The Balaban J connectivity index is 2.27. The van der Waals surface area contributed by atoms with Gasteiger partial charge in [-0.3, -0.25) is 5.43 Å². The lowest BCUT2D eigenvalue weighted by molar-refractivity contribution is -0.0857. The molecule has 1 aliphatic rings. The maximum absolute atomic E-state index is 10.4. The van der Waals surface area contributed by atoms with E-state index in [1.165, 1.54) is 0 Å². The quantitative estimate of drug-likeness (QED) is 0.733. The van der Waals surface area contributed by atoms with Crippen LogP contribution < -0.4 is 5.43 Å². The van der Waals surface area contributed by atoms with Gasteiger partial charge in [0.2, 0.25) is 0 Å². The topological polar surface area (TPSA) is 61.8 Å². The van der Waals surface area contributed by atoms with E-state index in [4.69, 9.17) is 9.84 Å². The van der Waals surface area contributed by atoms with Gasteiger partial charge in [0.05, 0.1) is 11.7 Å². The molecule has 0 aromatic carbocycles. The molecule has 0 aromatic heterocycles. The van der Waals surface area contributed by atoms with E-state index in [0.29, 0.717) is 13.1 Å². The number of carbonyl (C=O) groups is 1. The number of ether oxygens (including phenoxy) is 1. The van der Waals surface area contributed by atoms with Crippen molar-refractivity contribution in [3.05, 3.63) is 0 Å². The molecule has 0 spiro atoms. The maximum Gasteiger partial charge on any atom is 0.419 e. The Morgan fingerprint density at radius 3 is 2.33 bits per heavy atom. The van der Waals surface area contributed by atoms with E-state index < -0.39 is 6.09 Å². The van der Waals surface area contributed by atoms with Crippen LogP contribution in [-0.2, 0) is 4.74 Å². The Morgan fingerprint density at radius 2 is 1.93 bits per heavy atom. The summed E-state index contributed by atoms with van der Waals surface area (Å²) in [5.74, 6) is 0. The molecule has 0 radical (unpaired) electrons. The first kappa shape index (κ1) is 12.3. The van der Waals surface area contributed by atoms with Gasteiger partial charge in [0.25, 0.3) is 0 Å². The van der Waals surface area contributed by atoms with Gasteiger partial charge in [-0.2, -0.15) is 0 Å². The van der Waals surface area contributed by atoms with Crippen LogP contribution in [0.25, 0.3) is 0 Å². The zero-order valence-electron chi connectivity index (χ0n) is 9.62. The number of piperidine rings is 1. The number of carboxylic acid groups (broad SMARTS) is 1. The fraction of sp³-hybridized carbons (Fsp3) is 0.900. The molecule has 0 atom stereocenters. The highest BCUT2D eigenvalue weighted by Crippen LogP contribution is 2.19. The standard InChI is InChI=1S/C10H20N2O3/c1-10(2,3)15-8-4-6-12(7-5-8)11-9(13)14/h8,11H,4-7H2,1-3H3,(H,13,14). The first-order chi connectivity index (χ1) is 6.87. The monoisotopic (exact) mass is 216 g/mol. The number of nitrogens with one attached hydrogen (secondary N) is 1. The molecule has 1 fully saturated rings. The molecule has 88 valence electrons. The lowest BCUT2D eigenvalue weighted by Gasteiger charge is -2.34. The number of hydrogen-bond acceptors (Lipinski definition) is 3. The molecule has 1 rings (SSSR count). The Bertz CT molecular complexity index is 217. The summed E-state index contributed by atoms with van der Waals surface area (Å²) in [6, 6.07) is 0. The minimum atomic E-state index is -0.995. The maximum atomic E-state index is 10.4. The van der Waals surface area contributed by atoms with E-state index >= 15 is 0 Å². The van der Waals surface area contributed by atoms with Crippen molar-refractivity contribution in [2.24, 2.45) is 0 Å². The van der Waals surface area contributed by atoms with Crippen LogP contribution in [0.4, 0.5) is 4.79 Å². The molecule has 0 saturated carbocycles. The minimum Gasteiger partial charge on any atom is -0.464 e. The van der Waals surface area contributed by atoms with Crippen LogP contribution in [0.2, 0.25) is 0 Å². The summed E-state index contributed by atoms with van der Waals surface area (Å²) in [5.41, 5.74) is 2.24. The third-order valence-corrected chi connectivity index (χ3v) is 2.22. The van der Waals surface area contributed by atoms with Gasteiger partial charge in [0.15, 0.2) is 0 Å². The summed E-state index contributed by atoms with van der Waals surface area (Å²) in [5, 5.41) is 10.2. The molecule has 1 amide bonds. The van der Waals surface area contributed by atoms with Crippen molar-refractivity contribution in [3.63, 3.8) is 0 Å². The van der Waals surface area contributed by atoms with E-state index in [2.05, 4.69) is 5.43 Å². The normalized spacial score (nSPS) is 20.2. The van der Waals surface area contributed by atoms with Gasteiger partial charge in [0, 0.05) is 13.1 Å². The van der Waals surface area contributed by atoms with Crippen molar-refractivity contribution in [2.75, 3.05) is 13.1 Å². The minimum absolute atomic E-state index is 0.118. The fourth-order valence-electron chi connectivity index (χ4n) is 1.72. The van der Waals surface area contributed by atoms with Gasteiger partial charge in [0.1, 0.15) is 0 Å². The number of nitrogens with zero attached hydrogens (tertiary/aromatic N) is 1. The van der Waals surface area contributed by atoms with Gasteiger partial charge in [-0.1, -0.05) is 0 Å². The highest BCUT2D eigenvalue weighted by molar-refractivity contribution is 5.63. The molecule has 0 aliphatic carbocycles. The Labute approximate surface area is 90.4 Å². The molecule has 1 saturated heterocycles. The average molecular weight is 216 g/mol. The van der Waals surface area contributed by atoms with Crippen molar-refractivity contribution in [2.45, 2.75) is 45.3 Å². The molecule has 1 aliphatic heterocycles. The summed E-state index contributed by atoms with van der Waals surface area (Å²) in [6.07, 6.45) is 0.997. The third-order valence-electron chi connectivity index (χ3n) is 2.22. The van der Waals surface area contributed by atoms with Crippen molar-refractivity contribution in [1.82, 2.24) is 10.4 Å². The van der Waals surface area contributed by atoms with E-state index in [9.17, 15) is 4.79 Å². The highest BCUT2D eigenvalue weighted by atomic mass is 16.5. The first-order valence-electron chi connectivity index (χ1n) is 5.29. The van der Waals surface area contributed by atoms with Crippen LogP contribution in [0.5, 0.6) is 0 Å². The van der Waals surface area contributed by atoms with Crippen molar-refractivity contribution in [1.29, 1.82) is 0 Å². The number of amides is 1. The molecule has 1 heterocycles. The molecular weight excluding hydrogens is 196 g/mol. The van der Waals surface area contributed by atoms with E-state index in [-0.39, 0.29) is 11.7 Å². The van der Waals surface area contributed by atoms with E-state index in [0.717, 1.165) is 12.8 Å². The first-order valence-corrected chi connectivity index (χ1v) is 5.29. The Hall–Kier alpha value is -0.810. The average Bonchev–Trinajstić information content (AvgIpc) is 2.05. The molecular formula is C10H20N2O3. The van der Waals surface area contributed by atoms with Gasteiger partial charge in [-0.05, 0) is 33.6 Å². The molecule has 0 unspecified atom stereocenters. The number of rotatable bonds is 2. The zero-order chi connectivity index (χ0) is 11.5. The zero-order valence-corrected chi connectivity index (χ0v) is 9.62. The van der Waals surface area contributed by atoms with Gasteiger partial charge < -0.3 is 9.84 Å². The second-order valence-electron chi connectivity index (χ2n) is 4.83. The summed E-state index contributed by atoms with van der Waals surface area (Å²) in [7, 11) is 0. The lowest BCUT2D eigenvalue weighted by atomic mass is 10.1. The van der Waals surface area contributed by atoms with Crippen LogP contribution in [0, 0.1) is 0 Å². The van der Waals surface area contributed by atoms with Crippen LogP contribution in [0.1, 0.15) is 33.6 Å². The lowest BCUT2D eigenvalue weighted by Crippen LogP contribution is -2.48. The fourth-order valence-corrected chi connectivity index (χ4v) is 1.72. The highest BCUT2D eigenvalue weighted by Gasteiger charge is 2.24. The molecule has 5 heteroatoms. The van der Waals surface area contributed by atoms with Gasteiger partial charge in [-0.25, -0.2) is 9.80 Å². The smallest absolute Gasteiger partial charge is 0.419 e. The van der Waals surface area contributed by atoms with Crippen LogP contribution in [0.15, 0.2) is 0 Å². The van der Waals surface area contributed by atoms with E-state index in [1.54, 1.807) is 5.01 Å². The predicted octanol–water partition coefficient (Wildman–Crippen LogP) is 1.45. The molecule has 15 heavy (non-hydrogen) atoms. The van der Waals surface area contributed by atoms with Crippen molar-refractivity contribution >= 4 is 6.09 Å². The largest absolute Gasteiger partial charge is 0.464 e. The molecule has 0 aromatic rings. The Kier molecular flexibility index (Phi) is 3.93. The summed E-state index contributed by atoms with van der Waals surface area (Å²) in [6.45, 7) is 7.54. The summed E-state index contributed by atoms with van der Waals surface area (Å²) in [4.78, 5) is 10.4. The van der Waals surface area contributed by atoms with Crippen LogP contribution in [0.3, 0.4) is 0 Å². The second-order valence-corrected chi connectivity index (χ2v) is 4.83. The molecule has 2 N–H and O–H groups in total. The number of hydrogen-bond donors (Lipinski definition) is 2. The third kappa shape index (κ3) is 4.99. The Morgan fingerprint density at radius 1 is 1.40 bits per heavy atom. The van der Waals surface area contributed by atoms with Crippen molar-refractivity contribution < 1.29 is 14.6 Å². The second kappa shape index (κ2) is 4.81. The van der Waals surface area contributed by atoms with Crippen molar-refractivity contribution in [3.8, 4) is 0 Å². The molecule has 5 nitrogen and oxygen atoms in total. The van der Waals surface area contributed by atoms with Crippen LogP contribution >= 0.6 is 0 Å².